The summed E-state index contributed by atoms with van der Waals surface area (Å²) in [5.74, 6) is 0.807. The lowest BCUT2D eigenvalue weighted by molar-refractivity contribution is -0.139. The van der Waals surface area contributed by atoms with E-state index in [1.165, 1.54) is 0 Å². The zero-order chi connectivity index (χ0) is 19.9. The van der Waals surface area contributed by atoms with E-state index in [9.17, 15) is 14.7 Å². The number of carbonyl (C=O) groups is 2. The van der Waals surface area contributed by atoms with Crippen molar-refractivity contribution in [2.45, 2.75) is 31.7 Å². The van der Waals surface area contributed by atoms with Gasteiger partial charge in [-0.15, -0.1) is 0 Å². The zero-order valence-corrected chi connectivity index (χ0v) is 16.7. The van der Waals surface area contributed by atoms with E-state index in [-0.39, 0.29) is 12.5 Å². The Hall–Kier alpha value is -2.47. The number of benzene rings is 2. The molecule has 0 saturated carbocycles. The van der Waals surface area contributed by atoms with E-state index in [4.69, 9.17) is 4.74 Å². The van der Waals surface area contributed by atoms with Gasteiger partial charge in [-0.1, -0.05) is 55.5 Å². The summed E-state index contributed by atoms with van der Waals surface area (Å²) in [4.78, 5) is 23.6. The SMILES string of the molecule is CCSCCCC(NC(=O)OCC1c2ccccc2-c2ccccc21)C(=O)O. The second-order valence-corrected chi connectivity index (χ2v) is 8.09. The summed E-state index contributed by atoms with van der Waals surface area (Å²) in [5.41, 5.74) is 4.57. The van der Waals surface area contributed by atoms with Crippen molar-refractivity contribution in [1.82, 2.24) is 5.32 Å². The highest BCUT2D eigenvalue weighted by molar-refractivity contribution is 7.99. The molecule has 28 heavy (non-hydrogen) atoms. The maximum Gasteiger partial charge on any atom is 0.407 e. The number of carbonyl (C=O) groups excluding carboxylic acids is 1. The van der Waals surface area contributed by atoms with Crippen molar-refractivity contribution < 1.29 is 19.4 Å². The Morgan fingerprint density at radius 1 is 1.11 bits per heavy atom. The first-order chi connectivity index (χ1) is 13.6. The van der Waals surface area contributed by atoms with Crippen molar-refractivity contribution >= 4 is 23.8 Å². The van der Waals surface area contributed by atoms with Gasteiger partial charge in [-0.05, 0) is 46.6 Å². The predicted molar refractivity (Wildman–Crippen MR) is 112 cm³/mol. The number of hydrogen-bond acceptors (Lipinski definition) is 4. The molecule has 0 spiro atoms. The maximum atomic E-state index is 12.2. The standard InChI is InChI=1S/C22H25NO4S/c1-2-28-13-7-12-20(21(24)25)23-22(26)27-14-19-17-10-5-3-8-15(17)16-9-4-6-11-18(16)19/h3-6,8-11,19-20H,2,7,12-14H2,1H3,(H,23,26)(H,24,25). The molecule has 0 bridgehead atoms. The molecule has 2 N–H and O–H groups in total. The average molecular weight is 400 g/mol. The number of alkyl carbamates (subject to hydrolysis) is 1. The molecule has 1 aliphatic rings. The van der Waals surface area contributed by atoms with Crippen LogP contribution in [0, 0.1) is 0 Å². The molecular formula is C22H25NO4S. The van der Waals surface area contributed by atoms with Crippen LogP contribution < -0.4 is 5.32 Å². The summed E-state index contributed by atoms with van der Waals surface area (Å²) < 4.78 is 5.43. The Morgan fingerprint density at radius 3 is 2.29 bits per heavy atom. The minimum absolute atomic E-state index is 0.0395. The molecule has 0 radical (unpaired) electrons. The number of rotatable bonds is 9. The van der Waals surface area contributed by atoms with Crippen LogP contribution in [-0.4, -0.2) is 41.3 Å². The Labute approximate surface area is 169 Å². The van der Waals surface area contributed by atoms with Crippen molar-refractivity contribution in [3.8, 4) is 11.1 Å². The monoisotopic (exact) mass is 399 g/mol. The molecule has 2 aromatic carbocycles. The highest BCUT2D eigenvalue weighted by Crippen LogP contribution is 2.44. The molecule has 1 aliphatic carbocycles. The summed E-state index contributed by atoms with van der Waals surface area (Å²) in [6.07, 6.45) is 0.448. The highest BCUT2D eigenvalue weighted by atomic mass is 32.2. The van der Waals surface area contributed by atoms with Gasteiger partial charge in [0.2, 0.25) is 0 Å². The average Bonchev–Trinajstić information content (AvgIpc) is 3.02. The Morgan fingerprint density at radius 2 is 1.71 bits per heavy atom. The second kappa shape index (κ2) is 9.64. The van der Waals surface area contributed by atoms with Crippen molar-refractivity contribution in [2.24, 2.45) is 0 Å². The molecule has 6 heteroatoms. The Kier molecular flexibility index (Phi) is 6.98. The van der Waals surface area contributed by atoms with Crippen LogP contribution >= 0.6 is 11.8 Å². The van der Waals surface area contributed by atoms with Gasteiger partial charge in [0.1, 0.15) is 12.6 Å². The van der Waals surface area contributed by atoms with E-state index in [2.05, 4.69) is 24.4 Å². The fourth-order valence-electron chi connectivity index (χ4n) is 3.57. The van der Waals surface area contributed by atoms with E-state index >= 15 is 0 Å². The third-order valence-corrected chi connectivity index (χ3v) is 5.91. The number of carboxylic acid groups (broad SMARTS) is 1. The summed E-state index contributed by atoms with van der Waals surface area (Å²) in [6, 6.07) is 15.3. The molecule has 0 aliphatic heterocycles. The number of thioether (sulfide) groups is 1. The molecule has 3 rings (SSSR count). The van der Waals surface area contributed by atoms with E-state index < -0.39 is 18.1 Å². The van der Waals surface area contributed by atoms with Gasteiger partial charge in [-0.25, -0.2) is 9.59 Å². The molecular weight excluding hydrogens is 374 g/mol. The lowest BCUT2D eigenvalue weighted by Gasteiger charge is -2.17. The zero-order valence-electron chi connectivity index (χ0n) is 15.9. The molecule has 0 fully saturated rings. The van der Waals surface area contributed by atoms with Crippen LogP contribution in [0.1, 0.15) is 36.8 Å². The minimum Gasteiger partial charge on any atom is -0.480 e. The van der Waals surface area contributed by atoms with Gasteiger partial charge in [0.05, 0.1) is 0 Å². The first-order valence-corrected chi connectivity index (χ1v) is 10.7. The van der Waals surface area contributed by atoms with Crippen LogP contribution in [0.25, 0.3) is 11.1 Å². The van der Waals surface area contributed by atoms with E-state index in [1.54, 1.807) is 11.8 Å². The van der Waals surface area contributed by atoms with Crippen LogP contribution in [0.4, 0.5) is 4.79 Å². The quantitative estimate of drug-likeness (QED) is 0.607. The number of carboxylic acids is 1. The van der Waals surface area contributed by atoms with Gasteiger partial charge in [-0.3, -0.25) is 0 Å². The minimum atomic E-state index is -1.03. The van der Waals surface area contributed by atoms with E-state index in [0.29, 0.717) is 6.42 Å². The highest BCUT2D eigenvalue weighted by Gasteiger charge is 2.29. The Balaban J connectivity index is 1.60. The van der Waals surface area contributed by atoms with Gasteiger partial charge in [0, 0.05) is 5.92 Å². The van der Waals surface area contributed by atoms with E-state index in [1.807, 2.05) is 36.4 Å². The maximum absolute atomic E-state index is 12.2. The summed E-state index contributed by atoms with van der Waals surface area (Å²) >= 11 is 1.76. The van der Waals surface area contributed by atoms with Gasteiger partial charge >= 0.3 is 12.1 Å². The first-order valence-electron chi connectivity index (χ1n) is 9.54. The number of aliphatic carboxylic acids is 1. The molecule has 1 atom stereocenters. The van der Waals surface area contributed by atoms with Crippen LogP contribution in [-0.2, 0) is 9.53 Å². The summed E-state index contributed by atoms with van der Waals surface area (Å²) in [6.45, 7) is 2.24. The number of fused-ring (bicyclic) bond motifs is 3. The van der Waals surface area contributed by atoms with Crippen LogP contribution in [0.15, 0.2) is 48.5 Å². The topological polar surface area (TPSA) is 75.6 Å². The summed E-state index contributed by atoms with van der Waals surface area (Å²) in [5, 5.41) is 11.8. The number of ether oxygens (including phenoxy) is 1. The largest absolute Gasteiger partial charge is 0.480 e. The molecule has 148 valence electrons. The van der Waals surface area contributed by atoms with Crippen molar-refractivity contribution in [3.63, 3.8) is 0 Å². The van der Waals surface area contributed by atoms with Crippen molar-refractivity contribution in [3.05, 3.63) is 59.7 Å². The van der Waals surface area contributed by atoms with Gasteiger partial charge in [-0.2, -0.15) is 11.8 Å². The Bertz CT molecular complexity index is 793. The fraction of sp³-hybridized carbons (Fsp3) is 0.364. The van der Waals surface area contributed by atoms with Gasteiger partial charge in [0.15, 0.2) is 0 Å². The van der Waals surface area contributed by atoms with Crippen LogP contribution in [0.2, 0.25) is 0 Å². The van der Waals surface area contributed by atoms with Crippen molar-refractivity contribution in [1.29, 1.82) is 0 Å². The molecule has 1 amide bonds. The molecule has 5 nitrogen and oxygen atoms in total. The smallest absolute Gasteiger partial charge is 0.407 e. The fourth-order valence-corrected chi connectivity index (χ4v) is 4.23. The van der Waals surface area contributed by atoms with Crippen LogP contribution in [0.3, 0.4) is 0 Å². The predicted octanol–water partition coefficient (Wildman–Crippen LogP) is 4.51. The number of hydrogen-bond donors (Lipinski definition) is 2. The molecule has 0 saturated heterocycles. The number of amides is 1. The summed E-state index contributed by atoms with van der Waals surface area (Å²) in [7, 11) is 0. The van der Waals surface area contributed by atoms with Gasteiger partial charge in [0.25, 0.3) is 0 Å². The molecule has 0 aromatic heterocycles. The third-order valence-electron chi connectivity index (χ3n) is 4.92. The first kappa shape index (κ1) is 20.3. The lowest BCUT2D eigenvalue weighted by atomic mass is 9.98. The number of nitrogens with one attached hydrogen (secondary N) is 1. The van der Waals surface area contributed by atoms with E-state index in [0.717, 1.165) is 40.2 Å². The van der Waals surface area contributed by atoms with Gasteiger partial charge < -0.3 is 15.2 Å². The second-order valence-electron chi connectivity index (χ2n) is 6.70. The molecule has 2 aromatic rings. The normalized spacial score (nSPS) is 13.5. The van der Waals surface area contributed by atoms with Crippen LogP contribution in [0.5, 0.6) is 0 Å². The molecule has 0 heterocycles. The molecule has 1 unspecified atom stereocenters. The van der Waals surface area contributed by atoms with Crippen molar-refractivity contribution in [2.75, 3.05) is 18.1 Å². The lowest BCUT2D eigenvalue weighted by Crippen LogP contribution is -2.41. The third kappa shape index (κ3) is 4.68.